The fourth-order valence-corrected chi connectivity index (χ4v) is 4.26. The van der Waals surface area contributed by atoms with Crippen LogP contribution in [0, 0.1) is 0 Å². The summed E-state index contributed by atoms with van der Waals surface area (Å²) in [6.45, 7) is 6.74. The molecule has 1 aliphatic heterocycles. The molecule has 9 heteroatoms. The van der Waals surface area contributed by atoms with Crippen molar-refractivity contribution in [3.63, 3.8) is 0 Å². The summed E-state index contributed by atoms with van der Waals surface area (Å²) in [5.74, 6) is 1.35. The van der Waals surface area contributed by atoms with Crippen LogP contribution in [-0.2, 0) is 9.53 Å². The highest BCUT2D eigenvalue weighted by Gasteiger charge is 2.23. The van der Waals surface area contributed by atoms with Crippen molar-refractivity contribution < 1.29 is 14.3 Å². The van der Waals surface area contributed by atoms with Crippen molar-refractivity contribution in [1.82, 2.24) is 15.5 Å². The molecular weight excluding hydrogens is 414 g/mol. The van der Waals surface area contributed by atoms with Crippen LogP contribution in [0.2, 0.25) is 0 Å². The van der Waals surface area contributed by atoms with E-state index in [9.17, 15) is 4.79 Å². The Hall–Kier alpha value is -2.62. The molecule has 2 heterocycles. The van der Waals surface area contributed by atoms with Gasteiger partial charge in [0.2, 0.25) is 5.91 Å². The first-order valence-corrected chi connectivity index (χ1v) is 11.3. The van der Waals surface area contributed by atoms with Gasteiger partial charge in [-0.2, -0.15) is 0 Å². The van der Waals surface area contributed by atoms with E-state index in [1.807, 2.05) is 24.3 Å². The Balaban J connectivity index is 1.45. The number of morpholine rings is 1. The van der Waals surface area contributed by atoms with Crippen molar-refractivity contribution in [2.75, 3.05) is 58.4 Å². The summed E-state index contributed by atoms with van der Waals surface area (Å²) in [6, 6.07) is 11.9. The number of nitrogens with one attached hydrogen (secondary N) is 3. The topological polar surface area (TPSA) is 87.2 Å². The van der Waals surface area contributed by atoms with Crippen LogP contribution in [0.1, 0.15) is 17.8 Å². The average molecular weight is 446 g/mol. The van der Waals surface area contributed by atoms with Gasteiger partial charge in [0, 0.05) is 50.2 Å². The molecule has 8 nitrogen and oxygen atoms in total. The maximum Gasteiger partial charge on any atom is 0.221 e. The van der Waals surface area contributed by atoms with Gasteiger partial charge < -0.3 is 25.4 Å². The zero-order chi connectivity index (χ0) is 21.9. The van der Waals surface area contributed by atoms with Crippen molar-refractivity contribution in [3.8, 4) is 5.75 Å². The summed E-state index contributed by atoms with van der Waals surface area (Å²) in [6.07, 6.45) is 0. The van der Waals surface area contributed by atoms with E-state index in [2.05, 4.69) is 43.4 Å². The van der Waals surface area contributed by atoms with E-state index in [0.717, 1.165) is 44.5 Å². The third-order valence-corrected chi connectivity index (χ3v) is 5.84. The van der Waals surface area contributed by atoms with Crippen molar-refractivity contribution in [2.24, 2.45) is 4.99 Å². The fraction of sp³-hybridized carbons (Fsp3) is 0.455. The molecule has 1 aromatic heterocycles. The van der Waals surface area contributed by atoms with Crippen molar-refractivity contribution in [2.45, 2.75) is 13.0 Å². The molecule has 3 rings (SSSR count). The first kappa shape index (κ1) is 23.1. The van der Waals surface area contributed by atoms with E-state index in [4.69, 9.17) is 9.47 Å². The van der Waals surface area contributed by atoms with E-state index in [0.29, 0.717) is 18.9 Å². The Morgan fingerprint density at radius 1 is 1.26 bits per heavy atom. The van der Waals surface area contributed by atoms with Gasteiger partial charge in [-0.1, -0.05) is 12.1 Å². The maximum absolute atomic E-state index is 11.2. The summed E-state index contributed by atoms with van der Waals surface area (Å²) in [4.78, 5) is 19.3. The smallest absolute Gasteiger partial charge is 0.221 e. The van der Waals surface area contributed by atoms with Gasteiger partial charge in [0.25, 0.3) is 0 Å². The lowest BCUT2D eigenvalue weighted by atomic mass is 10.2. The van der Waals surface area contributed by atoms with Crippen molar-refractivity contribution in [3.05, 3.63) is 46.7 Å². The van der Waals surface area contributed by atoms with E-state index in [-0.39, 0.29) is 11.9 Å². The van der Waals surface area contributed by atoms with Crippen LogP contribution in [0.4, 0.5) is 5.69 Å². The number of carbonyl (C=O) groups excluding carboxylic acids is 1. The minimum absolute atomic E-state index is 0.105. The highest BCUT2D eigenvalue weighted by atomic mass is 32.1. The monoisotopic (exact) mass is 445 g/mol. The van der Waals surface area contributed by atoms with E-state index in [1.54, 1.807) is 18.4 Å². The third-order valence-electron chi connectivity index (χ3n) is 4.86. The number of amides is 1. The Kier molecular flexibility index (Phi) is 9.14. The molecular formula is C22H31N5O3S. The predicted molar refractivity (Wildman–Crippen MR) is 125 cm³/mol. The molecule has 0 spiro atoms. The minimum Gasteiger partial charge on any atom is -0.492 e. The number of hydrogen-bond donors (Lipinski definition) is 3. The van der Waals surface area contributed by atoms with Gasteiger partial charge in [0.05, 0.1) is 25.8 Å². The summed E-state index contributed by atoms with van der Waals surface area (Å²) in [7, 11) is 1.77. The molecule has 31 heavy (non-hydrogen) atoms. The molecule has 168 valence electrons. The van der Waals surface area contributed by atoms with Gasteiger partial charge in [0.15, 0.2) is 5.96 Å². The number of benzene rings is 1. The van der Waals surface area contributed by atoms with Crippen LogP contribution in [0.5, 0.6) is 5.75 Å². The molecule has 0 bridgehead atoms. The molecule has 1 aliphatic rings. The number of aliphatic imine (C=N–C) groups is 1. The molecule has 1 fully saturated rings. The quantitative estimate of drug-likeness (QED) is 0.312. The van der Waals surface area contributed by atoms with Crippen LogP contribution in [-0.4, -0.2) is 69.8 Å². The van der Waals surface area contributed by atoms with Gasteiger partial charge in [-0.25, -0.2) is 0 Å². The number of ether oxygens (including phenoxy) is 2. The number of guanidine groups is 1. The van der Waals surface area contributed by atoms with Crippen molar-refractivity contribution in [1.29, 1.82) is 0 Å². The molecule has 1 amide bonds. The highest BCUT2D eigenvalue weighted by Crippen LogP contribution is 2.25. The Labute approximate surface area is 187 Å². The van der Waals surface area contributed by atoms with Crippen molar-refractivity contribution >= 4 is 28.9 Å². The largest absolute Gasteiger partial charge is 0.492 e. The number of carbonyl (C=O) groups is 1. The highest BCUT2D eigenvalue weighted by molar-refractivity contribution is 7.10. The van der Waals surface area contributed by atoms with Gasteiger partial charge >= 0.3 is 0 Å². The molecule has 1 aromatic carbocycles. The number of nitrogens with zero attached hydrogens (tertiary/aromatic N) is 2. The molecule has 1 atom stereocenters. The predicted octanol–water partition coefficient (Wildman–Crippen LogP) is 2.32. The molecule has 1 unspecified atom stereocenters. The molecule has 1 saturated heterocycles. The van der Waals surface area contributed by atoms with Gasteiger partial charge in [-0.15, -0.1) is 11.3 Å². The standard InChI is InChI=1S/C22H31N5O3S/c1-17(28)26-18-5-3-6-19(15-18)30-11-8-24-22(23-2)25-16-20(21-7-4-14-31-21)27-9-12-29-13-10-27/h3-7,14-15,20H,8-13,16H2,1-2H3,(H,26,28)(H2,23,24,25). The second-order valence-corrected chi connectivity index (χ2v) is 8.10. The maximum atomic E-state index is 11.2. The summed E-state index contributed by atoms with van der Waals surface area (Å²) in [5.41, 5.74) is 0.721. The Morgan fingerprint density at radius 3 is 2.81 bits per heavy atom. The van der Waals surface area contributed by atoms with Crippen LogP contribution >= 0.6 is 11.3 Å². The van der Waals surface area contributed by atoms with Gasteiger partial charge in [-0.05, 0) is 23.6 Å². The number of rotatable bonds is 9. The fourth-order valence-electron chi connectivity index (χ4n) is 3.40. The second-order valence-electron chi connectivity index (χ2n) is 7.12. The molecule has 0 saturated carbocycles. The van der Waals surface area contributed by atoms with Gasteiger partial charge in [0.1, 0.15) is 12.4 Å². The lowest BCUT2D eigenvalue weighted by molar-refractivity contribution is -0.114. The summed E-state index contributed by atoms with van der Waals surface area (Å²) >= 11 is 1.78. The zero-order valence-electron chi connectivity index (χ0n) is 18.1. The Bertz CT molecular complexity index is 837. The normalized spacial score (nSPS) is 15.9. The van der Waals surface area contributed by atoms with E-state index >= 15 is 0 Å². The number of anilines is 1. The van der Waals surface area contributed by atoms with Crippen LogP contribution in [0.3, 0.4) is 0 Å². The van der Waals surface area contributed by atoms with Crippen LogP contribution in [0.25, 0.3) is 0 Å². The number of thiophene rings is 1. The van der Waals surface area contributed by atoms with Crippen LogP contribution in [0.15, 0.2) is 46.8 Å². The molecule has 0 radical (unpaired) electrons. The minimum atomic E-state index is -0.105. The molecule has 3 N–H and O–H groups in total. The Morgan fingerprint density at radius 2 is 2.10 bits per heavy atom. The van der Waals surface area contributed by atoms with E-state index < -0.39 is 0 Å². The lowest BCUT2D eigenvalue weighted by Crippen LogP contribution is -2.46. The first-order chi connectivity index (χ1) is 15.2. The number of hydrogen-bond acceptors (Lipinski definition) is 6. The molecule has 2 aromatic rings. The second kappa shape index (κ2) is 12.3. The molecule has 0 aliphatic carbocycles. The van der Waals surface area contributed by atoms with E-state index in [1.165, 1.54) is 11.8 Å². The lowest BCUT2D eigenvalue weighted by Gasteiger charge is -2.34. The third kappa shape index (κ3) is 7.54. The summed E-state index contributed by atoms with van der Waals surface area (Å²) in [5, 5.41) is 11.6. The van der Waals surface area contributed by atoms with Crippen LogP contribution < -0.4 is 20.7 Å². The van der Waals surface area contributed by atoms with Gasteiger partial charge in [-0.3, -0.25) is 14.7 Å². The zero-order valence-corrected chi connectivity index (χ0v) is 18.9. The first-order valence-electron chi connectivity index (χ1n) is 10.5. The average Bonchev–Trinajstić information content (AvgIpc) is 3.30. The summed E-state index contributed by atoms with van der Waals surface area (Å²) < 4.78 is 11.3. The SMILES string of the molecule is CN=C(NCCOc1cccc(NC(C)=O)c1)NCC(c1cccs1)N1CCOCC1.